The highest BCUT2D eigenvalue weighted by Gasteiger charge is 2.07. The second-order valence-electron chi connectivity index (χ2n) is 4.73. The van der Waals surface area contributed by atoms with Gasteiger partial charge >= 0.3 is 0 Å². The maximum atomic E-state index is 3.59. The van der Waals surface area contributed by atoms with Crippen molar-refractivity contribution in [2.45, 2.75) is 39.7 Å². The fourth-order valence-electron chi connectivity index (χ4n) is 1.77. The van der Waals surface area contributed by atoms with Gasteiger partial charge in [-0.25, -0.2) is 0 Å². The number of hydrogen-bond donors (Lipinski definition) is 1. The average molecular weight is 284 g/mol. The van der Waals surface area contributed by atoms with Crippen molar-refractivity contribution in [3.8, 4) is 0 Å². The van der Waals surface area contributed by atoms with E-state index in [1.807, 2.05) is 0 Å². The molecule has 0 fully saturated rings. The normalized spacial score (nSPS) is 13.1. The monoisotopic (exact) mass is 283 g/mol. The third-order valence-electron chi connectivity index (χ3n) is 2.78. The molecule has 1 aromatic carbocycles. The number of benzene rings is 1. The molecule has 0 unspecified atom stereocenters. The Bertz CT molecular complexity index is 309. The maximum absolute atomic E-state index is 3.59. The second-order valence-corrected chi connectivity index (χ2v) is 5.59. The molecule has 0 aromatic heterocycles. The summed E-state index contributed by atoms with van der Waals surface area (Å²) in [5, 5.41) is 3.57. The van der Waals surface area contributed by atoms with Crippen LogP contribution in [0.5, 0.6) is 0 Å². The second kappa shape index (κ2) is 7.08. The Morgan fingerprint density at radius 1 is 1.19 bits per heavy atom. The molecule has 16 heavy (non-hydrogen) atoms. The predicted molar refractivity (Wildman–Crippen MR) is 74.6 cm³/mol. The lowest BCUT2D eigenvalue weighted by Gasteiger charge is -2.16. The van der Waals surface area contributed by atoms with Crippen molar-refractivity contribution < 1.29 is 0 Å². The largest absolute Gasteiger partial charge is 0.310 e. The molecular formula is C14H22BrN. The first-order valence-corrected chi connectivity index (χ1v) is 6.88. The van der Waals surface area contributed by atoms with Gasteiger partial charge in [0.1, 0.15) is 0 Å². The fourth-order valence-corrected chi connectivity index (χ4v) is 2.39. The zero-order valence-electron chi connectivity index (χ0n) is 10.5. The molecule has 1 atom stereocenters. The predicted octanol–water partition coefficient (Wildman–Crippen LogP) is 4.54. The van der Waals surface area contributed by atoms with Crippen LogP contribution in [0.3, 0.4) is 0 Å². The Hall–Kier alpha value is -0.340. The fraction of sp³-hybridized carbons (Fsp3) is 0.571. The molecule has 0 aliphatic heterocycles. The minimum absolute atomic E-state index is 0.419. The van der Waals surface area contributed by atoms with E-state index in [-0.39, 0.29) is 0 Å². The molecule has 0 spiro atoms. The van der Waals surface area contributed by atoms with Gasteiger partial charge in [-0.3, -0.25) is 0 Å². The van der Waals surface area contributed by atoms with Crippen LogP contribution in [0.2, 0.25) is 0 Å². The van der Waals surface area contributed by atoms with E-state index in [9.17, 15) is 0 Å². The van der Waals surface area contributed by atoms with E-state index in [0.29, 0.717) is 6.04 Å². The first kappa shape index (κ1) is 13.7. The lowest BCUT2D eigenvalue weighted by Crippen LogP contribution is -2.20. The molecule has 0 bridgehead atoms. The third kappa shape index (κ3) is 4.67. The van der Waals surface area contributed by atoms with Gasteiger partial charge in [-0.1, -0.05) is 48.0 Å². The molecule has 0 heterocycles. The first-order valence-electron chi connectivity index (χ1n) is 6.09. The summed E-state index contributed by atoms with van der Waals surface area (Å²) in [7, 11) is 0. The lowest BCUT2D eigenvalue weighted by molar-refractivity contribution is 0.497. The number of halogens is 1. The molecule has 1 rings (SSSR count). The molecule has 0 saturated heterocycles. The molecular weight excluding hydrogens is 262 g/mol. The van der Waals surface area contributed by atoms with Gasteiger partial charge in [0.05, 0.1) is 0 Å². The summed E-state index contributed by atoms with van der Waals surface area (Å²) < 4.78 is 1.19. The van der Waals surface area contributed by atoms with Gasteiger partial charge in [0.15, 0.2) is 0 Å². The van der Waals surface area contributed by atoms with Crippen LogP contribution in [0.4, 0.5) is 0 Å². The zero-order chi connectivity index (χ0) is 12.0. The molecule has 0 saturated carbocycles. The summed E-state index contributed by atoms with van der Waals surface area (Å²) in [6.07, 6.45) is 2.56. The van der Waals surface area contributed by atoms with Crippen LogP contribution in [0.1, 0.15) is 45.2 Å². The smallest absolute Gasteiger partial charge is 0.0302 e. The van der Waals surface area contributed by atoms with Gasteiger partial charge in [0.2, 0.25) is 0 Å². The van der Waals surface area contributed by atoms with Gasteiger partial charge in [-0.2, -0.15) is 0 Å². The lowest BCUT2D eigenvalue weighted by atomic mass is 10.1. The van der Waals surface area contributed by atoms with Gasteiger partial charge < -0.3 is 5.32 Å². The Labute approximate surface area is 108 Å². The summed E-state index contributed by atoms with van der Waals surface area (Å²) in [5.41, 5.74) is 1.34. The van der Waals surface area contributed by atoms with E-state index < -0.39 is 0 Å². The van der Waals surface area contributed by atoms with Gasteiger partial charge in [0, 0.05) is 10.5 Å². The van der Waals surface area contributed by atoms with Gasteiger partial charge in [-0.05, 0) is 43.9 Å². The highest BCUT2D eigenvalue weighted by molar-refractivity contribution is 9.10. The quantitative estimate of drug-likeness (QED) is 0.756. The SMILES string of the molecule is CC(C)CCCN[C@@H](C)c1ccccc1Br. The van der Waals surface area contributed by atoms with E-state index in [4.69, 9.17) is 0 Å². The molecule has 0 radical (unpaired) electrons. The molecule has 1 N–H and O–H groups in total. The van der Waals surface area contributed by atoms with Crippen molar-refractivity contribution in [1.82, 2.24) is 5.32 Å². The van der Waals surface area contributed by atoms with E-state index >= 15 is 0 Å². The number of rotatable bonds is 6. The van der Waals surface area contributed by atoms with Gasteiger partial charge in [0.25, 0.3) is 0 Å². The molecule has 2 heteroatoms. The minimum Gasteiger partial charge on any atom is -0.310 e. The van der Waals surface area contributed by atoms with Crippen molar-refractivity contribution in [3.05, 3.63) is 34.3 Å². The molecule has 0 aliphatic carbocycles. The third-order valence-corrected chi connectivity index (χ3v) is 3.50. The minimum atomic E-state index is 0.419. The Morgan fingerprint density at radius 3 is 2.50 bits per heavy atom. The summed E-state index contributed by atoms with van der Waals surface area (Å²) in [4.78, 5) is 0. The Balaban J connectivity index is 2.35. The van der Waals surface area contributed by atoms with Crippen LogP contribution < -0.4 is 5.32 Å². The Kier molecular flexibility index (Phi) is 6.07. The molecule has 90 valence electrons. The summed E-state index contributed by atoms with van der Waals surface area (Å²) in [6, 6.07) is 8.83. The van der Waals surface area contributed by atoms with Crippen LogP contribution in [-0.4, -0.2) is 6.54 Å². The van der Waals surface area contributed by atoms with E-state index in [2.05, 4.69) is 66.3 Å². The summed E-state index contributed by atoms with van der Waals surface area (Å²) in [6.45, 7) is 7.87. The van der Waals surface area contributed by atoms with Crippen LogP contribution in [-0.2, 0) is 0 Å². The molecule has 1 nitrogen and oxygen atoms in total. The molecule has 0 aliphatic rings. The topological polar surface area (TPSA) is 12.0 Å². The molecule has 0 amide bonds. The average Bonchev–Trinajstić information content (AvgIpc) is 2.24. The van der Waals surface area contributed by atoms with E-state index in [0.717, 1.165) is 12.5 Å². The van der Waals surface area contributed by atoms with Crippen molar-refractivity contribution >= 4 is 15.9 Å². The van der Waals surface area contributed by atoms with Crippen LogP contribution in [0, 0.1) is 5.92 Å². The van der Waals surface area contributed by atoms with Crippen molar-refractivity contribution in [3.63, 3.8) is 0 Å². The number of nitrogens with one attached hydrogen (secondary N) is 1. The zero-order valence-corrected chi connectivity index (χ0v) is 12.0. The van der Waals surface area contributed by atoms with Crippen LogP contribution in [0.25, 0.3) is 0 Å². The van der Waals surface area contributed by atoms with E-state index in [1.54, 1.807) is 0 Å². The standard InChI is InChI=1S/C14H22BrN/c1-11(2)7-6-10-16-12(3)13-8-4-5-9-14(13)15/h4-5,8-9,11-12,16H,6-7,10H2,1-3H3/t12-/m0/s1. The highest BCUT2D eigenvalue weighted by atomic mass is 79.9. The van der Waals surface area contributed by atoms with Crippen LogP contribution >= 0.6 is 15.9 Å². The summed E-state index contributed by atoms with van der Waals surface area (Å²) >= 11 is 3.59. The summed E-state index contributed by atoms with van der Waals surface area (Å²) in [5.74, 6) is 0.806. The van der Waals surface area contributed by atoms with Crippen LogP contribution in [0.15, 0.2) is 28.7 Å². The molecule has 1 aromatic rings. The van der Waals surface area contributed by atoms with E-state index in [1.165, 1.54) is 22.9 Å². The first-order chi connectivity index (χ1) is 7.61. The number of hydrogen-bond acceptors (Lipinski definition) is 1. The van der Waals surface area contributed by atoms with Crippen molar-refractivity contribution in [2.75, 3.05) is 6.54 Å². The van der Waals surface area contributed by atoms with Crippen molar-refractivity contribution in [1.29, 1.82) is 0 Å². The highest BCUT2D eigenvalue weighted by Crippen LogP contribution is 2.22. The van der Waals surface area contributed by atoms with Gasteiger partial charge in [-0.15, -0.1) is 0 Å². The maximum Gasteiger partial charge on any atom is 0.0302 e. The van der Waals surface area contributed by atoms with Crippen molar-refractivity contribution in [2.24, 2.45) is 5.92 Å². The Morgan fingerprint density at radius 2 is 1.88 bits per heavy atom.